The van der Waals surface area contributed by atoms with E-state index in [1.165, 1.54) is 0 Å². The van der Waals surface area contributed by atoms with Crippen molar-refractivity contribution in [2.75, 3.05) is 6.86 Å². The van der Waals surface area contributed by atoms with Crippen LogP contribution >= 0.6 is 0 Å². The van der Waals surface area contributed by atoms with Crippen LogP contribution in [0.25, 0.3) is 6.08 Å². The minimum absolute atomic E-state index is 0.542. The fraction of sp³-hybridized carbons (Fsp3) is 0.100. The first kappa shape index (κ1) is 8.78. The van der Waals surface area contributed by atoms with Crippen molar-refractivity contribution in [1.29, 1.82) is 0 Å². The summed E-state index contributed by atoms with van der Waals surface area (Å²) in [7, 11) is 0. The molecule has 0 fully saturated rings. The average Bonchev–Trinajstić information content (AvgIpc) is 2.09. The molecular weight excluding hydrogens is 155 g/mol. The maximum atomic E-state index is 11.8. The molecule has 12 heavy (non-hydrogen) atoms. The Bertz CT molecular complexity index is 268. The molecule has 1 rings (SSSR count). The van der Waals surface area contributed by atoms with Crippen LogP contribution in [0, 0.1) is 6.92 Å². The van der Waals surface area contributed by atoms with Gasteiger partial charge in [-0.15, -0.1) is 0 Å². The Morgan fingerprint density at radius 1 is 1.42 bits per heavy atom. The molecule has 0 aliphatic heterocycles. The summed E-state index contributed by atoms with van der Waals surface area (Å²) < 4.78 is 16.6. The molecule has 0 N–H and O–H groups in total. The van der Waals surface area contributed by atoms with E-state index in [0.29, 0.717) is 5.75 Å². The number of benzene rings is 1. The predicted molar refractivity (Wildman–Crippen MR) is 47.4 cm³/mol. The highest BCUT2D eigenvalue weighted by Gasteiger charge is 1.96. The highest BCUT2D eigenvalue weighted by molar-refractivity contribution is 5.57. The highest BCUT2D eigenvalue weighted by Crippen LogP contribution is 2.19. The fourth-order valence-electron chi connectivity index (χ4n) is 0.935. The molecule has 0 heterocycles. The number of para-hydroxylation sites is 1. The summed E-state index contributed by atoms with van der Waals surface area (Å²) in [6.45, 7) is 2.75. The molecule has 0 amide bonds. The molecule has 1 aromatic carbocycles. The standard InChI is InChI=1S/C10H10FO/c1-2-5-9-6-3-4-7-10(9)12-8-11/h2-7H,1,8H2/b5-2+. The van der Waals surface area contributed by atoms with Gasteiger partial charge in [-0.05, 0) is 13.0 Å². The van der Waals surface area contributed by atoms with Crippen LogP contribution in [-0.4, -0.2) is 6.86 Å². The van der Waals surface area contributed by atoms with E-state index >= 15 is 0 Å². The first-order valence-corrected chi connectivity index (χ1v) is 3.62. The molecule has 63 valence electrons. The molecule has 0 aliphatic rings. The lowest BCUT2D eigenvalue weighted by molar-refractivity contribution is 0.191. The normalized spacial score (nSPS) is 10.5. The van der Waals surface area contributed by atoms with Crippen molar-refractivity contribution in [3.05, 3.63) is 42.8 Å². The number of hydrogen-bond acceptors (Lipinski definition) is 1. The third-order valence-corrected chi connectivity index (χ3v) is 1.43. The van der Waals surface area contributed by atoms with Crippen LogP contribution in [0.3, 0.4) is 0 Å². The molecule has 1 radical (unpaired) electrons. The second-order valence-electron chi connectivity index (χ2n) is 2.19. The molecule has 0 spiro atoms. The lowest BCUT2D eigenvalue weighted by Crippen LogP contribution is -1.91. The lowest BCUT2D eigenvalue weighted by atomic mass is 10.2. The van der Waals surface area contributed by atoms with Crippen LogP contribution in [0.5, 0.6) is 5.75 Å². The predicted octanol–water partition coefficient (Wildman–Crippen LogP) is 2.84. The fourth-order valence-corrected chi connectivity index (χ4v) is 0.935. The van der Waals surface area contributed by atoms with Gasteiger partial charge in [0.1, 0.15) is 5.75 Å². The van der Waals surface area contributed by atoms with Crippen molar-refractivity contribution in [3.63, 3.8) is 0 Å². The Hall–Kier alpha value is -1.31. The molecule has 1 aromatic rings. The van der Waals surface area contributed by atoms with Crippen molar-refractivity contribution in [1.82, 2.24) is 0 Å². The zero-order valence-electron chi connectivity index (χ0n) is 6.66. The first-order valence-electron chi connectivity index (χ1n) is 3.62. The van der Waals surface area contributed by atoms with Gasteiger partial charge >= 0.3 is 0 Å². The number of halogens is 1. The van der Waals surface area contributed by atoms with Crippen LogP contribution < -0.4 is 4.74 Å². The quantitative estimate of drug-likeness (QED) is 0.669. The van der Waals surface area contributed by atoms with Gasteiger partial charge < -0.3 is 4.74 Å². The smallest absolute Gasteiger partial charge is 0.228 e. The molecule has 0 bridgehead atoms. The third-order valence-electron chi connectivity index (χ3n) is 1.43. The van der Waals surface area contributed by atoms with Crippen molar-refractivity contribution >= 4 is 6.08 Å². The third kappa shape index (κ3) is 2.09. The van der Waals surface area contributed by atoms with Gasteiger partial charge in [-0.3, -0.25) is 0 Å². The number of alkyl halides is 1. The van der Waals surface area contributed by atoms with Gasteiger partial charge in [0.05, 0.1) is 0 Å². The number of rotatable bonds is 3. The monoisotopic (exact) mass is 165 g/mol. The van der Waals surface area contributed by atoms with Crippen LogP contribution in [-0.2, 0) is 0 Å². The Balaban J connectivity index is 2.91. The van der Waals surface area contributed by atoms with E-state index in [2.05, 4.69) is 6.92 Å². The van der Waals surface area contributed by atoms with Crippen LogP contribution in [0.4, 0.5) is 4.39 Å². The van der Waals surface area contributed by atoms with Gasteiger partial charge in [0.15, 0.2) is 0 Å². The molecule has 0 saturated carbocycles. The van der Waals surface area contributed by atoms with E-state index < -0.39 is 6.86 Å². The van der Waals surface area contributed by atoms with Gasteiger partial charge in [0.25, 0.3) is 0 Å². The maximum Gasteiger partial charge on any atom is 0.228 e. The minimum atomic E-state index is -0.804. The molecule has 0 aliphatic carbocycles. The van der Waals surface area contributed by atoms with Gasteiger partial charge in [-0.1, -0.05) is 30.4 Å². The summed E-state index contributed by atoms with van der Waals surface area (Å²) in [6.07, 6.45) is 3.41. The summed E-state index contributed by atoms with van der Waals surface area (Å²) in [4.78, 5) is 0. The topological polar surface area (TPSA) is 9.23 Å². The Morgan fingerprint density at radius 2 is 2.17 bits per heavy atom. The summed E-state index contributed by atoms with van der Waals surface area (Å²) in [5, 5.41) is 0. The van der Waals surface area contributed by atoms with Crippen molar-refractivity contribution < 1.29 is 9.13 Å². The van der Waals surface area contributed by atoms with E-state index in [1.807, 2.05) is 12.1 Å². The summed E-state index contributed by atoms with van der Waals surface area (Å²) in [5.74, 6) is 0.542. The van der Waals surface area contributed by atoms with E-state index in [1.54, 1.807) is 24.3 Å². The van der Waals surface area contributed by atoms with E-state index in [-0.39, 0.29) is 0 Å². The van der Waals surface area contributed by atoms with Crippen molar-refractivity contribution in [3.8, 4) is 5.75 Å². The maximum absolute atomic E-state index is 11.8. The SMILES string of the molecule is [CH2]/C=C/c1ccccc1OCF. The highest BCUT2D eigenvalue weighted by atomic mass is 19.1. The largest absolute Gasteiger partial charge is 0.462 e. The Labute approximate surface area is 71.5 Å². The van der Waals surface area contributed by atoms with Gasteiger partial charge in [-0.25, -0.2) is 4.39 Å². The Kier molecular flexibility index (Phi) is 3.33. The van der Waals surface area contributed by atoms with E-state index in [9.17, 15) is 4.39 Å². The number of hydrogen-bond donors (Lipinski definition) is 0. The molecule has 0 atom stereocenters. The van der Waals surface area contributed by atoms with Crippen molar-refractivity contribution in [2.24, 2.45) is 0 Å². The summed E-state index contributed by atoms with van der Waals surface area (Å²) >= 11 is 0. The zero-order valence-corrected chi connectivity index (χ0v) is 6.66. The number of allylic oxidation sites excluding steroid dienone is 1. The van der Waals surface area contributed by atoms with Gasteiger partial charge in [-0.2, -0.15) is 0 Å². The molecule has 0 saturated heterocycles. The molecule has 0 unspecified atom stereocenters. The number of ether oxygens (including phenoxy) is 1. The van der Waals surface area contributed by atoms with E-state index in [4.69, 9.17) is 4.74 Å². The van der Waals surface area contributed by atoms with E-state index in [0.717, 1.165) is 5.56 Å². The lowest BCUT2D eigenvalue weighted by Gasteiger charge is -2.03. The van der Waals surface area contributed by atoms with Crippen LogP contribution in [0.1, 0.15) is 5.56 Å². The minimum Gasteiger partial charge on any atom is -0.462 e. The zero-order chi connectivity index (χ0) is 8.81. The molecule has 1 nitrogen and oxygen atoms in total. The first-order chi connectivity index (χ1) is 5.88. The van der Waals surface area contributed by atoms with Gasteiger partial charge in [0.2, 0.25) is 6.86 Å². The van der Waals surface area contributed by atoms with Crippen LogP contribution in [0.2, 0.25) is 0 Å². The second-order valence-corrected chi connectivity index (χ2v) is 2.19. The molecular formula is C10H10FO. The average molecular weight is 165 g/mol. The van der Waals surface area contributed by atoms with Crippen LogP contribution in [0.15, 0.2) is 30.3 Å². The van der Waals surface area contributed by atoms with Crippen molar-refractivity contribution in [2.45, 2.75) is 0 Å². The summed E-state index contributed by atoms with van der Waals surface area (Å²) in [6, 6.07) is 7.22. The second kappa shape index (κ2) is 4.54. The summed E-state index contributed by atoms with van der Waals surface area (Å²) in [5.41, 5.74) is 0.838. The Morgan fingerprint density at radius 3 is 2.83 bits per heavy atom. The molecule has 2 heteroatoms. The molecule has 0 aromatic heterocycles. The van der Waals surface area contributed by atoms with Gasteiger partial charge in [0, 0.05) is 5.56 Å².